The molecule has 1 amide bonds. The van der Waals surface area contributed by atoms with Gasteiger partial charge >= 0.3 is 0 Å². The van der Waals surface area contributed by atoms with Crippen molar-refractivity contribution in [1.82, 2.24) is 0 Å². The highest BCUT2D eigenvalue weighted by Gasteiger charge is 2.26. The SMILES string of the molecule is C=NC(=O)C(C)/C=C1\C(=C)C=C(C(C)=O)[C@H]1C. The van der Waals surface area contributed by atoms with Crippen molar-refractivity contribution >= 4 is 18.4 Å². The highest BCUT2D eigenvalue weighted by Crippen LogP contribution is 2.35. The number of Topliss-reactive ketones (excluding diaryl/α,β-unsaturated/α-hetero) is 1. The lowest BCUT2D eigenvalue weighted by atomic mass is 9.93. The Bertz CT molecular complexity index is 455. The Labute approximate surface area is 102 Å². The molecule has 0 aromatic rings. The van der Waals surface area contributed by atoms with Crippen LogP contribution in [-0.4, -0.2) is 18.4 Å². The third-order valence-corrected chi connectivity index (χ3v) is 3.01. The molecule has 90 valence electrons. The number of rotatable bonds is 3. The minimum Gasteiger partial charge on any atom is -0.295 e. The Morgan fingerprint density at radius 3 is 2.53 bits per heavy atom. The Kier molecular flexibility index (Phi) is 3.94. The van der Waals surface area contributed by atoms with Crippen molar-refractivity contribution in [3.8, 4) is 0 Å². The standard InChI is InChI=1S/C14H17NO2/c1-8-6-13(11(4)16)10(3)12(8)7-9(2)14(17)15-5/h6-7,9-10H,1,5H2,2-4H3/b12-7+/t9?,10-/m0/s1. The molecular weight excluding hydrogens is 214 g/mol. The summed E-state index contributed by atoms with van der Waals surface area (Å²) >= 11 is 0. The molecule has 0 aromatic carbocycles. The Balaban J connectivity index is 3.00. The normalized spacial score (nSPS) is 23.5. The van der Waals surface area contributed by atoms with E-state index in [4.69, 9.17) is 0 Å². The molecule has 1 unspecified atom stereocenters. The molecule has 1 aliphatic rings. The fourth-order valence-corrected chi connectivity index (χ4v) is 1.98. The zero-order chi connectivity index (χ0) is 13.2. The van der Waals surface area contributed by atoms with Gasteiger partial charge in [0.25, 0.3) is 5.91 Å². The molecule has 2 atom stereocenters. The van der Waals surface area contributed by atoms with Crippen LogP contribution in [0.2, 0.25) is 0 Å². The van der Waals surface area contributed by atoms with Gasteiger partial charge in [0, 0.05) is 11.5 Å². The zero-order valence-electron chi connectivity index (χ0n) is 10.5. The van der Waals surface area contributed by atoms with Crippen molar-refractivity contribution in [2.75, 3.05) is 0 Å². The van der Waals surface area contributed by atoms with E-state index in [1.807, 2.05) is 13.0 Å². The first-order valence-electron chi connectivity index (χ1n) is 5.52. The van der Waals surface area contributed by atoms with E-state index >= 15 is 0 Å². The van der Waals surface area contributed by atoms with Crippen LogP contribution < -0.4 is 0 Å². The highest BCUT2D eigenvalue weighted by atomic mass is 16.1. The number of hydrogen-bond donors (Lipinski definition) is 0. The number of amides is 1. The number of carbonyl (C=O) groups excluding carboxylic acids is 2. The smallest absolute Gasteiger partial charge is 0.251 e. The van der Waals surface area contributed by atoms with Crippen LogP contribution in [0.5, 0.6) is 0 Å². The topological polar surface area (TPSA) is 46.5 Å². The quantitative estimate of drug-likeness (QED) is 0.700. The molecule has 3 heteroatoms. The lowest BCUT2D eigenvalue weighted by molar-refractivity contribution is -0.119. The first kappa shape index (κ1) is 13.3. The molecule has 3 nitrogen and oxygen atoms in total. The van der Waals surface area contributed by atoms with Gasteiger partial charge in [-0.3, -0.25) is 9.59 Å². The lowest BCUT2D eigenvalue weighted by Gasteiger charge is -2.11. The number of allylic oxidation sites excluding steroid dienone is 4. The van der Waals surface area contributed by atoms with Gasteiger partial charge in [-0.1, -0.05) is 19.6 Å². The van der Waals surface area contributed by atoms with E-state index in [-0.39, 0.29) is 23.5 Å². The Hall–Kier alpha value is -1.77. The van der Waals surface area contributed by atoms with Crippen LogP contribution in [0.4, 0.5) is 0 Å². The van der Waals surface area contributed by atoms with Gasteiger partial charge in [-0.2, -0.15) is 0 Å². The minimum atomic E-state index is -0.332. The summed E-state index contributed by atoms with van der Waals surface area (Å²) in [6, 6.07) is 0. The number of nitrogens with zero attached hydrogens (tertiary/aromatic N) is 1. The first-order valence-corrected chi connectivity index (χ1v) is 5.52. The van der Waals surface area contributed by atoms with E-state index in [0.717, 1.165) is 16.7 Å². The van der Waals surface area contributed by atoms with E-state index < -0.39 is 0 Å². The van der Waals surface area contributed by atoms with Crippen molar-refractivity contribution in [2.45, 2.75) is 20.8 Å². The van der Waals surface area contributed by atoms with Gasteiger partial charge in [0.15, 0.2) is 5.78 Å². The monoisotopic (exact) mass is 231 g/mol. The van der Waals surface area contributed by atoms with Crippen LogP contribution >= 0.6 is 0 Å². The van der Waals surface area contributed by atoms with Gasteiger partial charge < -0.3 is 0 Å². The van der Waals surface area contributed by atoms with Gasteiger partial charge in [-0.15, -0.1) is 0 Å². The minimum absolute atomic E-state index is 0.0000605. The van der Waals surface area contributed by atoms with Crippen molar-refractivity contribution in [3.63, 3.8) is 0 Å². The van der Waals surface area contributed by atoms with E-state index in [1.165, 1.54) is 0 Å². The summed E-state index contributed by atoms with van der Waals surface area (Å²) in [7, 11) is 0. The number of hydrogen-bond acceptors (Lipinski definition) is 2. The van der Waals surface area contributed by atoms with E-state index in [2.05, 4.69) is 18.3 Å². The predicted molar refractivity (Wildman–Crippen MR) is 68.9 cm³/mol. The average Bonchev–Trinajstić information content (AvgIpc) is 2.55. The number of aliphatic imine (C=N–C) groups is 1. The van der Waals surface area contributed by atoms with Gasteiger partial charge in [-0.05, 0) is 37.8 Å². The van der Waals surface area contributed by atoms with Crippen LogP contribution in [0.15, 0.2) is 40.4 Å². The molecule has 0 aliphatic heterocycles. The zero-order valence-corrected chi connectivity index (χ0v) is 10.5. The largest absolute Gasteiger partial charge is 0.295 e. The van der Waals surface area contributed by atoms with Gasteiger partial charge in [0.2, 0.25) is 0 Å². The molecule has 0 bridgehead atoms. The van der Waals surface area contributed by atoms with Crippen LogP contribution in [0.25, 0.3) is 0 Å². The fourth-order valence-electron chi connectivity index (χ4n) is 1.98. The Morgan fingerprint density at radius 1 is 1.53 bits per heavy atom. The van der Waals surface area contributed by atoms with Gasteiger partial charge in [-0.25, -0.2) is 4.99 Å². The molecule has 0 saturated carbocycles. The summed E-state index contributed by atoms with van der Waals surface area (Å²) in [5, 5.41) is 0. The second-order valence-electron chi connectivity index (χ2n) is 4.31. The molecule has 0 N–H and O–H groups in total. The van der Waals surface area contributed by atoms with Crippen molar-refractivity contribution in [3.05, 3.63) is 35.5 Å². The van der Waals surface area contributed by atoms with E-state index in [9.17, 15) is 9.59 Å². The third kappa shape index (κ3) is 2.67. The maximum Gasteiger partial charge on any atom is 0.251 e. The summed E-state index contributed by atoms with van der Waals surface area (Å²) in [6.45, 7) is 12.4. The van der Waals surface area contributed by atoms with Gasteiger partial charge in [0.1, 0.15) is 0 Å². The summed E-state index contributed by atoms with van der Waals surface area (Å²) < 4.78 is 0. The third-order valence-electron chi connectivity index (χ3n) is 3.01. The number of carbonyl (C=O) groups is 2. The molecule has 0 heterocycles. The highest BCUT2D eigenvalue weighted by molar-refractivity contribution is 5.96. The fraction of sp³-hybridized carbons (Fsp3) is 0.357. The average molecular weight is 231 g/mol. The molecule has 0 spiro atoms. The maximum atomic E-state index is 11.4. The van der Waals surface area contributed by atoms with E-state index in [0.29, 0.717) is 0 Å². The maximum absolute atomic E-state index is 11.4. The van der Waals surface area contributed by atoms with Gasteiger partial charge in [0.05, 0.1) is 5.92 Å². The lowest BCUT2D eigenvalue weighted by Crippen LogP contribution is -2.09. The van der Waals surface area contributed by atoms with E-state index in [1.54, 1.807) is 19.9 Å². The molecule has 1 aliphatic carbocycles. The summed E-state index contributed by atoms with van der Waals surface area (Å²) in [6.07, 6.45) is 3.60. The molecule has 0 saturated heterocycles. The second kappa shape index (κ2) is 5.04. The molecule has 0 radical (unpaired) electrons. The Morgan fingerprint density at radius 2 is 2.12 bits per heavy atom. The van der Waals surface area contributed by atoms with Crippen LogP contribution in [0.3, 0.4) is 0 Å². The van der Waals surface area contributed by atoms with Crippen molar-refractivity contribution < 1.29 is 9.59 Å². The summed E-state index contributed by atoms with van der Waals surface area (Å²) in [4.78, 5) is 26.1. The molecular formula is C14H17NO2. The van der Waals surface area contributed by atoms with Crippen molar-refractivity contribution in [2.24, 2.45) is 16.8 Å². The second-order valence-corrected chi connectivity index (χ2v) is 4.31. The van der Waals surface area contributed by atoms with Crippen LogP contribution in [-0.2, 0) is 9.59 Å². The molecule has 0 aromatic heterocycles. The predicted octanol–water partition coefficient (Wildman–Crippen LogP) is 2.50. The molecule has 0 fully saturated rings. The van der Waals surface area contributed by atoms with Crippen LogP contribution in [0.1, 0.15) is 20.8 Å². The number of ketones is 1. The summed E-state index contributed by atoms with van der Waals surface area (Å²) in [5.41, 5.74) is 2.47. The summed E-state index contributed by atoms with van der Waals surface area (Å²) in [5.74, 6) is -0.557. The van der Waals surface area contributed by atoms with Crippen LogP contribution in [0, 0.1) is 11.8 Å². The van der Waals surface area contributed by atoms with Crippen molar-refractivity contribution in [1.29, 1.82) is 0 Å². The first-order chi connectivity index (χ1) is 7.88. The molecule has 17 heavy (non-hydrogen) atoms. The molecule has 1 rings (SSSR count).